The van der Waals surface area contributed by atoms with E-state index in [1.54, 1.807) is 24.5 Å². The zero-order chi connectivity index (χ0) is 12.1. The molecule has 0 aliphatic carbocycles. The predicted molar refractivity (Wildman–Crippen MR) is 59.0 cm³/mol. The average Bonchev–Trinajstić information content (AvgIpc) is 2.80. The zero-order valence-corrected chi connectivity index (χ0v) is 8.86. The van der Waals surface area contributed by atoms with Crippen LogP contribution >= 0.6 is 0 Å². The molecule has 0 saturated heterocycles. The lowest BCUT2D eigenvalue weighted by atomic mass is 10.2. The maximum Gasteiger partial charge on any atom is 0.387 e. The lowest BCUT2D eigenvalue weighted by Gasteiger charge is -2.06. The van der Waals surface area contributed by atoms with Crippen molar-refractivity contribution in [2.45, 2.75) is 13.2 Å². The van der Waals surface area contributed by atoms with Crippen LogP contribution in [-0.4, -0.2) is 16.8 Å². The summed E-state index contributed by atoms with van der Waals surface area (Å²) in [4.78, 5) is 0. The first-order valence-electron chi connectivity index (χ1n) is 5.00. The van der Waals surface area contributed by atoms with Crippen LogP contribution in [-0.2, 0) is 6.54 Å². The molecule has 0 saturated carbocycles. The van der Waals surface area contributed by atoms with Gasteiger partial charge in [-0.2, -0.15) is 13.9 Å². The molecule has 17 heavy (non-hydrogen) atoms. The van der Waals surface area contributed by atoms with E-state index in [0.717, 1.165) is 11.3 Å². The number of hydrogen-bond donors (Lipinski definition) is 2. The summed E-state index contributed by atoms with van der Waals surface area (Å²) in [7, 11) is 0. The van der Waals surface area contributed by atoms with E-state index < -0.39 is 6.61 Å². The normalized spacial score (nSPS) is 10.5. The van der Waals surface area contributed by atoms with Gasteiger partial charge in [-0.1, -0.05) is 12.1 Å². The van der Waals surface area contributed by atoms with Gasteiger partial charge >= 0.3 is 6.61 Å². The molecule has 0 aliphatic rings. The molecule has 1 heterocycles. The Kier molecular flexibility index (Phi) is 3.54. The highest BCUT2D eigenvalue weighted by Crippen LogP contribution is 2.15. The van der Waals surface area contributed by atoms with Crippen molar-refractivity contribution >= 4 is 5.69 Å². The topological polar surface area (TPSA) is 49.9 Å². The van der Waals surface area contributed by atoms with Gasteiger partial charge in [0.2, 0.25) is 0 Å². The van der Waals surface area contributed by atoms with Crippen molar-refractivity contribution in [1.29, 1.82) is 0 Å². The summed E-state index contributed by atoms with van der Waals surface area (Å²) in [6.07, 6.45) is 3.39. The Labute approximate surface area is 96.6 Å². The minimum absolute atomic E-state index is 0.159. The third-order valence-electron chi connectivity index (χ3n) is 2.14. The molecular formula is C11H11F2N3O. The van der Waals surface area contributed by atoms with Gasteiger partial charge in [-0.3, -0.25) is 5.10 Å². The van der Waals surface area contributed by atoms with Crippen molar-refractivity contribution in [3.63, 3.8) is 0 Å². The predicted octanol–water partition coefficient (Wildman–Crippen LogP) is 2.62. The molecule has 2 aromatic rings. The molecule has 6 heteroatoms. The number of nitrogens with one attached hydrogen (secondary N) is 2. The Hall–Kier alpha value is -2.11. The molecular weight excluding hydrogens is 228 g/mol. The standard InChI is InChI=1S/C11H11F2N3O/c12-11(13)17-10-3-1-8(2-4-10)5-14-9-6-15-16-7-9/h1-4,6-7,11,14H,5H2,(H,15,16). The summed E-state index contributed by atoms with van der Waals surface area (Å²) < 4.78 is 28.1. The largest absolute Gasteiger partial charge is 0.435 e. The number of alkyl halides is 2. The summed E-state index contributed by atoms with van der Waals surface area (Å²) in [6, 6.07) is 6.48. The number of aromatic amines is 1. The lowest BCUT2D eigenvalue weighted by Crippen LogP contribution is -2.02. The highest BCUT2D eigenvalue weighted by atomic mass is 19.3. The van der Waals surface area contributed by atoms with Crippen LogP contribution in [0.4, 0.5) is 14.5 Å². The summed E-state index contributed by atoms with van der Waals surface area (Å²) in [5.41, 5.74) is 1.84. The Morgan fingerprint density at radius 2 is 2.06 bits per heavy atom. The third kappa shape index (κ3) is 3.44. The quantitative estimate of drug-likeness (QED) is 0.843. The molecule has 4 nitrogen and oxygen atoms in total. The fraction of sp³-hybridized carbons (Fsp3) is 0.182. The number of benzene rings is 1. The van der Waals surface area contributed by atoms with Crippen LogP contribution in [0.15, 0.2) is 36.7 Å². The fourth-order valence-corrected chi connectivity index (χ4v) is 1.34. The Balaban J connectivity index is 1.89. The van der Waals surface area contributed by atoms with Gasteiger partial charge in [0, 0.05) is 12.7 Å². The molecule has 1 aromatic carbocycles. The van der Waals surface area contributed by atoms with Crippen LogP contribution in [0.5, 0.6) is 5.75 Å². The molecule has 0 radical (unpaired) electrons. The Morgan fingerprint density at radius 3 is 2.65 bits per heavy atom. The summed E-state index contributed by atoms with van der Waals surface area (Å²) in [5, 5.41) is 9.59. The van der Waals surface area contributed by atoms with Gasteiger partial charge in [-0.25, -0.2) is 0 Å². The number of aromatic nitrogens is 2. The summed E-state index contributed by atoms with van der Waals surface area (Å²) in [5.74, 6) is 0.159. The second kappa shape index (κ2) is 5.29. The lowest BCUT2D eigenvalue weighted by molar-refractivity contribution is -0.0498. The first-order chi connectivity index (χ1) is 8.24. The number of hydrogen-bond acceptors (Lipinski definition) is 3. The van der Waals surface area contributed by atoms with Gasteiger partial charge < -0.3 is 10.1 Å². The molecule has 0 amide bonds. The van der Waals surface area contributed by atoms with E-state index in [1.807, 2.05) is 0 Å². The molecule has 90 valence electrons. The van der Waals surface area contributed by atoms with Crippen LogP contribution in [0, 0.1) is 0 Å². The maximum absolute atomic E-state index is 11.9. The molecule has 0 atom stereocenters. The van der Waals surface area contributed by atoms with Gasteiger partial charge in [0.1, 0.15) is 5.75 Å². The van der Waals surface area contributed by atoms with Crippen molar-refractivity contribution in [2.24, 2.45) is 0 Å². The molecule has 0 spiro atoms. The van der Waals surface area contributed by atoms with Crippen molar-refractivity contribution in [2.75, 3.05) is 5.32 Å². The number of ether oxygens (including phenoxy) is 1. The Morgan fingerprint density at radius 1 is 1.29 bits per heavy atom. The van der Waals surface area contributed by atoms with Crippen molar-refractivity contribution in [3.05, 3.63) is 42.2 Å². The highest BCUT2D eigenvalue weighted by Gasteiger charge is 2.03. The van der Waals surface area contributed by atoms with E-state index >= 15 is 0 Å². The van der Waals surface area contributed by atoms with Gasteiger partial charge in [-0.05, 0) is 17.7 Å². The van der Waals surface area contributed by atoms with E-state index in [1.165, 1.54) is 12.1 Å². The molecule has 1 aromatic heterocycles. The zero-order valence-electron chi connectivity index (χ0n) is 8.86. The monoisotopic (exact) mass is 239 g/mol. The molecule has 0 bridgehead atoms. The smallest absolute Gasteiger partial charge is 0.387 e. The number of H-pyrrole nitrogens is 1. The van der Waals surface area contributed by atoms with E-state index in [4.69, 9.17) is 0 Å². The first kappa shape index (κ1) is 11.4. The molecule has 0 aliphatic heterocycles. The van der Waals surface area contributed by atoms with Gasteiger partial charge in [0.15, 0.2) is 0 Å². The van der Waals surface area contributed by atoms with Crippen molar-refractivity contribution in [1.82, 2.24) is 10.2 Å². The minimum Gasteiger partial charge on any atom is -0.435 e. The fourth-order valence-electron chi connectivity index (χ4n) is 1.34. The van der Waals surface area contributed by atoms with Gasteiger partial charge in [0.05, 0.1) is 11.9 Å². The molecule has 2 rings (SSSR count). The van der Waals surface area contributed by atoms with Crippen LogP contribution in [0.25, 0.3) is 0 Å². The van der Waals surface area contributed by atoms with Crippen LogP contribution in [0.1, 0.15) is 5.56 Å². The van der Waals surface area contributed by atoms with Crippen molar-refractivity contribution in [3.8, 4) is 5.75 Å². The molecule has 2 N–H and O–H groups in total. The molecule has 0 unspecified atom stereocenters. The van der Waals surface area contributed by atoms with Crippen LogP contribution < -0.4 is 10.1 Å². The van der Waals surface area contributed by atoms with E-state index in [9.17, 15) is 8.78 Å². The second-order valence-corrected chi connectivity index (χ2v) is 3.36. The SMILES string of the molecule is FC(F)Oc1ccc(CNc2cn[nH]c2)cc1. The maximum atomic E-state index is 11.9. The number of nitrogens with zero attached hydrogens (tertiary/aromatic N) is 1. The number of halogens is 2. The average molecular weight is 239 g/mol. The second-order valence-electron chi connectivity index (χ2n) is 3.36. The third-order valence-corrected chi connectivity index (χ3v) is 2.14. The Bertz CT molecular complexity index is 442. The summed E-state index contributed by atoms with van der Waals surface area (Å²) >= 11 is 0. The van der Waals surface area contributed by atoms with Crippen molar-refractivity contribution < 1.29 is 13.5 Å². The first-order valence-corrected chi connectivity index (χ1v) is 5.00. The molecule has 0 fully saturated rings. The van der Waals surface area contributed by atoms with E-state index in [-0.39, 0.29) is 5.75 Å². The van der Waals surface area contributed by atoms with E-state index in [0.29, 0.717) is 6.54 Å². The van der Waals surface area contributed by atoms with Gasteiger partial charge in [-0.15, -0.1) is 0 Å². The van der Waals surface area contributed by atoms with E-state index in [2.05, 4.69) is 20.3 Å². The minimum atomic E-state index is -2.79. The number of anilines is 1. The van der Waals surface area contributed by atoms with Crippen LogP contribution in [0.3, 0.4) is 0 Å². The van der Waals surface area contributed by atoms with Crippen LogP contribution in [0.2, 0.25) is 0 Å². The number of rotatable bonds is 5. The summed E-state index contributed by atoms with van der Waals surface area (Å²) in [6.45, 7) is -2.20. The highest BCUT2D eigenvalue weighted by molar-refractivity contribution is 5.39. The van der Waals surface area contributed by atoms with Gasteiger partial charge in [0.25, 0.3) is 0 Å².